The average molecular weight is 187 g/mol. The molecule has 0 aromatic heterocycles. The van der Waals surface area contributed by atoms with E-state index in [1.807, 2.05) is 0 Å². The number of nitrogens with zero attached hydrogens (tertiary/aromatic N) is 1. The van der Waals surface area contributed by atoms with Gasteiger partial charge in [-0.15, -0.1) is 0 Å². The van der Waals surface area contributed by atoms with Crippen molar-refractivity contribution in [2.75, 3.05) is 20.6 Å². The molecule has 1 N–H and O–H groups in total. The zero-order valence-electron chi connectivity index (χ0n) is 9.64. The van der Waals surface area contributed by atoms with Crippen molar-refractivity contribution in [1.29, 1.82) is 0 Å². The fourth-order valence-electron chi connectivity index (χ4n) is 2.96. The highest BCUT2D eigenvalue weighted by molar-refractivity contribution is 4.80. The fraction of sp³-hybridized carbons (Fsp3) is 1.00. The summed E-state index contributed by atoms with van der Waals surface area (Å²) >= 11 is 0. The lowest BCUT2D eigenvalue weighted by molar-refractivity contribution is -0.948. The molecule has 1 saturated heterocycles. The third-order valence-corrected chi connectivity index (χ3v) is 4.21. The van der Waals surface area contributed by atoms with Crippen molar-refractivity contribution in [2.45, 2.75) is 51.5 Å². The van der Waals surface area contributed by atoms with Gasteiger partial charge in [-0.2, -0.15) is 0 Å². The van der Waals surface area contributed by atoms with Gasteiger partial charge in [0, 0.05) is 6.42 Å². The van der Waals surface area contributed by atoms with Crippen molar-refractivity contribution in [3.8, 4) is 0 Å². The van der Waals surface area contributed by atoms with E-state index in [2.05, 4.69) is 27.9 Å². The molecule has 1 heterocycles. The van der Waals surface area contributed by atoms with Gasteiger partial charge in [0.15, 0.2) is 0 Å². The van der Waals surface area contributed by atoms with Crippen LogP contribution in [0.4, 0.5) is 0 Å². The summed E-state index contributed by atoms with van der Waals surface area (Å²) in [7, 11) is 4.82. The molecule has 0 saturated carbocycles. The van der Waals surface area contributed by atoms with E-state index in [9.17, 15) is 0 Å². The van der Waals surface area contributed by atoms with E-state index in [0.29, 0.717) is 5.54 Å². The van der Waals surface area contributed by atoms with Crippen LogP contribution >= 0.6 is 0 Å². The summed E-state index contributed by atoms with van der Waals surface area (Å²) in [5.74, 6) is 0. The first-order valence-corrected chi connectivity index (χ1v) is 5.41. The third kappa shape index (κ3) is 2.05. The van der Waals surface area contributed by atoms with E-state index in [-0.39, 0.29) is 5.48 Å². The molecule has 0 bridgehead atoms. The largest absolute Gasteiger partial charge is 0.870 e. The van der Waals surface area contributed by atoms with Crippen molar-refractivity contribution in [2.24, 2.45) is 0 Å². The summed E-state index contributed by atoms with van der Waals surface area (Å²) in [4.78, 5) is 0. The maximum atomic E-state index is 2.41. The van der Waals surface area contributed by atoms with Gasteiger partial charge in [0.2, 0.25) is 0 Å². The molecule has 0 unspecified atom stereocenters. The maximum absolute atomic E-state index is 2.41. The molecule has 1 rings (SSSR count). The van der Waals surface area contributed by atoms with Crippen LogP contribution in [0.15, 0.2) is 0 Å². The SMILES string of the molecule is CCC1(CC)CCCC[N+]1(C)C.[OH-]. The standard InChI is InChI=1S/C11H24N.H2O/c1-5-11(6-2)9-7-8-10-12(11,3)4;/h5-10H2,1-4H3;1H2/q+1;/p-1. The number of hydrogen-bond acceptors (Lipinski definition) is 1. The van der Waals surface area contributed by atoms with Crippen LogP contribution in [0.1, 0.15) is 46.0 Å². The monoisotopic (exact) mass is 187 g/mol. The predicted octanol–water partition coefficient (Wildman–Crippen LogP) is 2.63. The van der Waals surface area contributed by atoms with E-state index in [0.717, 1.165) is 0 Å². The van der Waals surface area contributed by atoms with E-state index in [1.165, 1.54) is 43.1 Å². The Hall–Kier alpha value is -0.0800. The molecule has 0 aliphatic carbocycles. The second kappa shape index (κ2) is 4.43. The van der Waals surface area contributed by atoms with Crippen LogP contribution in [-0.4, -0.2) is 36.1 Å². The molecule has 13 heavy (non-hydrogen) atoms. The first kappa shape index (κ1) is 12.9. The van der Waals surface area contributed by atoms with Gasteiger partial charge < -0.3 is 9.96 Å². The zero-order valence-corrected chi connectivity index (χ0v) is 9.64. The van der Waals surface area contributed by atoms with Crippen LogP contribution in [0.25, 0.3) is 0 Å². The lowest BCUT2D eigenvalue weighted by Gasteiger charge is -2.51. The first-order valence-electron chi connectivity index (χ1n) is 5.41. The molecule has 0 atom stereocenters. The molecule has 2 nitrogen and oxygen atoms in total. The number of likely N-dealkylation sites (tertiary alicyclic amines) is 1. The van der Waals surface area contributed by atoms with E-state index in [1.54, 1.807) is 0 Å². The lowest BCUT2D eigenvalue weighted by atomic mass is 9.80. The molecule has 0 radical (unpaired) electrons. The zero-order chi connectivity index (χ0) is 9.24. The summed E-state index contributed by atoms with van der Waals surface area (Å²) in [6, 6.07) is 0. The summed E-state index contributed by atoms with van der Waals surface area (Å²) in [5.41, 5.74) is 0.595. The van der Waals surface area contributed by atoms with Crippen molar-refractivity contribution < 1.29 is 9.96 Å². The van der Waals surface area contributed by atoms with Crippen LogP contribution in [0.5, 0.6) is 0 Å². The average Bonchev–Trinajstić information content (AvgIpc) is 2.05. The number of quaternary nitrogens is 1. The highest BCUT2D eigenvalue weighted by Crippen LogP contribution is 2.37. The second-order valence-electron chi connectivity index (χ2n) is 4.80. The molecule has 80 valence electrons. The Morgan fingerprint density at radius 2 is 1.62 bits per heavy atom. The second-order valence-corrected chi connectivity index (χ2v) is 4.80. The van der Waals surface area contributed by atoms with Gasteiger partial charge in [0.1, 0.15) is 0 Å². The molecule has 0 amide bonds. The Morgan fingerprint density at radius 1 is 1.08 bits per heavy atom. The van der Waals surface area contributed by atoms with E-state index < -0.39 is 0 Å². The van der Waals surface area contributed by atoms with Crippen molar-refractivity contribution in [3.63, 3.8) is 0 Å². The normalized spacial score (nSPS) is 24.9. The molecule has 1 fully saturated rings. The fourth-order valence-corrected chi connectivity index (χ4v) is 2.96. The Bertz CT molecular complexity index is 150. The smallest absolute Gasteiger partial charge is 0.0983 e. The Labute approximate surface area is 82.8 Å². The third-order valence-electron chi connectivity index (χ3n) is 4.21. The maximum Gasteiger partial charge on any atom is 0.0983 e. The van der Waals surface area contributed by atoms with Crippen LogP contribution < -0.4 is 0 Å². The van der Waals surface area contributed by atoms with E-state index in [4.69, 9.17) is 0 Å². The molecule has 0 aromatic carbocycles. The molecule has 1 aliphatic heterocycles. The Balaban J connectivity index is 0.00000144. The molecular weight excluding hydrogens is 162 g/mol. The van der Waals surface area contributed by atoms with Gasteiger partial charge in [-0.05, 0) is 25.7 Å². The van der Waals surface area contributed by atoms with Gasteiger partial charge in [-0.3, -0.25) is 0 Å². The highest BCUT2D eigenvalue weighted by atomic mass is 16.0. The summed E-state index contributed by atoms with van der Waals surface area (Å²) in [5, 5.41) is 0. The summed E-state index contributed by atoms with van der Waals surface area (Å²) < 4.78 is 1.25. The van der Waals surface area contributed by atoms with Gasteiger partial charge in [0.25, 0.3) is 0 Å². The van der Waals surface area contributed by atoms with Gasteiger partial charge >= 0.3 is 0 Å². The number of rotatable bonds is 2. The topological polar surface area (TPSA) is 30.0 Å². The Morgan fingerprint density at radius 3 is 1.92 bits per heavy atom. The quantitative estimate of drug-likeness (QED) is 0.611. The predicted molar refractivity (Wildman–Crippen MR) is 56.1 cm³/mol. The molecular formula is C11H25NO. The molecule has 1 aliphatic rings. The molecule has 2 heteroatoms. The highest BCUT2D eigenvalue weighted by Gasteiger charge is 2.43. The number of hydrogen-bond donors (Lipinski definition) is 0. The van der Waals surface area contributed by atoms with Crippen LogP contribution in [0.2, 0.25) is 0 Å². The summed E-state index contributed by atoms with van der Waals surface area (Å²) in [6.45, 7) is 6.09. The van der Waals surface area contributed by atoms with Crippen LogP contribution in [0, 0.1) is 0 Å². The minimum atomic E-state index is 0. The van der Waals surface area contributed by atoms with Gasteiger partial charge in [-0.25, -0.2) is 0 Å². The van der Waals surface area contributed by atoms with Gasteiger partial charge in [0.05, 0.1) is 26.2 Å². The minimum absolute atomic E-state index is 0. The first-order chi connectivity index (χ1) is 5.58. The minimum Gasteiger partial charge on any atom is -0.870 e. The number of piperidine rings is 1. The molecule has 0 spiro atoms. The lowest BCUT2D eigenvalue weighted by Crippen LogP contribution is -2.61. The Kier molecular flexibility index (Phi) is 4.40. The van der Waals surface area contributed by atoms with Gasteiger partial charge in [-0.1, -0.05) is 13.8 Å². The van der Waals surface area contributed by atoms with E-state index >= 15 is 0 Å². The van der Waals surface area contributed by atoms with Crippen molar-refractivity contribution in [3.05, 3.63) is 0 Å². The van der Waals surface area contributed by atoms with Crippen molar-refractivity contribution >= 4 is 0 Å². The summed E-state index contributed by atoms with van der Waals surface area (Å²) in [6.07, 6.45) is 7.00. The van der Waals surface area contributed by atoms with Crippen LogP contribution in [0.3, 0.4) is 0 Å². The van der Waals surface area contributed by atoms with Crippen LogP contribution in [-0.2, 0) is 0 Å². The van der Waals surface area contributed by atoms with Crippen molar-refractivity contribution in [1.82, 2.24) is 0 Å². The molecule has 0 aromatic rings.